The van der Waals surface area contributed by atoms with Gasteiger partial charge in [-0.1, -0.05) is 31.2 Å². The van der Waals surface area contributed by atoms with Gasteiger partial charge in [0.1, 0.15) is 30.1 Å². The molecule has 180 valence electrons. The molecule has 1 aliphatic heterocycles. The van der Waals surface area contributed by atoms with Crippen LogP contribution in [0.1, 0.15) is 30.7 Å². The molecule has 6 nitrogen and oxygen atoms in total. The second kappa shape index (κ2) is 9.88. The highest BCUT2D eigenvalue weighted by Crippen LogP contribution is 2.33. The molecule has 1 aliphatic rings. The van der Waals surface area contributed by atoms with E-state index in [2.05, 4.69) is 6.92 Å². The predicted molar refractivity (Wildman–Crippen MR) is 133 cm³/mol. The SMILES string of the molecule is CCc1ccc(OCC(O)Cn2c(C3CC(=O)N(c4ccc(F)cc4)C3)nc3ccccc32)cc1. The van der Waals surface area contributed by atoms with Gasteiger partial charge in [-0.25, -0.2) is 9.37 Å². The number of aliphatic hydroxyl groups is 1. The number of benzene rings is 3. The lowest BCUT2D eigenvalue weighted by Crippen LogP contribution is -2.26. The number of carbonyl (C=O) groups excluding carboxylic acids is 1. The van der Waals surface area contributed by atoms with Gasteiger partial charge in [0.25, 0.3) is 0 Å². The van der Waals surface area contributed by atoms with Crippen LogP contribution in [0.5, 0.6) is 5.75 Å². The molecule has 1 N–H and O–H groups in total. The number of aliphatic hydroxyl groups excluding tert-OH is 1. The van der Waals surface area contributed by atoms with Crippen molar-refractivity contribution in [3.05, 3.63) is 90.0 Å². The summed E-state index contributed by atoms with van der Waals surface area (Å²) in [5.74, 6) is 0.967. The number of nitrogens with zero attached hydrogens (tertiary/aromatic N) is 3. The number of hydrogen-bond acceptors (Lipinski definition) is 4. The van der Waals surface area contributed by atoms with E-state index in [0.717, 1.165) is 23.3 Å². The maximum atomic E-state index is 13.4. The van der Waals surface area contributed by atoms with E-state index in [0.29, 0.717) is 30.9 Å². The lowest BCUT2D eigenvalue weighted by atomic mass is 10.1. The number of aryl methyl sites for hydroxylation is 1. The Morgan fingerprint density at radius 1 is 1.09 bits per heavy atom. The molecule has 0 bridgehead atoms. The Labute approximate surface area is 203 Å². The number of imidazole rings is 1. The normalized spacial score (nSPS) is 16.7. The van der Waals surface area contributed by atoms with Gasteiger partial charge >= 0.3 is 0 Å². The zero-order valence-corrected chi connectivity index (χ0v) is 19.6. The van der Waals surface area contributed by atoms with E-state index in [9.17, 15) is 14.3 Å². The fourth-order valence-electron chi connectivity index (χ4n) is 4.63. The molecule has 35 heavy (non-hydrogen) atoms. The number of halogens is 1. The molecule has 4 aromatic rings. The van der Waals surface area contributed by atoms with Gasteiger partial charge in [0.2, 0.25) is 5.91 Å². The summed E-state index contributed by atoms with van der Waals surface area (Å²) < 4.78 is 21.2. The van der Waals surface area contributed by atoms with Gasteiger partial charge in [0, 0.05) is 24.6 Å². The maximum Gasteiger partial charge on any atom is 0.227 e. The summed E-state index contributed by atoms with van der Waals surface area (Å²) in [4.78, 5) is 19.3. The van der Waals surface area contributed by atoms with Crippen molar-refractivity contribution in [3.8, 4) is 5.75 Å². The molecule has 7 heteroatoms. The highest BCUT2D eigenvalue weighted by Gasteiger charge is 2.35. The molecule has 0 saturated carbocycles. The third-order valence-corrected chi connectivity index (χ3v) is 6.48. The van der Waals surface area contributed by atoms with Gasteiger partial charge in [-0.05, 0) is 60.5 Å². The molecule has 2 atom stereocenters. The second-order valence-electron chi connectivity index (χ2n) is 8.91. The summed E-state index contributed by atoms with van der Waals surface area (Å²) in [6.45, 7) is 2.99. The monoisotopic (exact) mass is 473 g/mol. The molecule has 1 saturated heterocycles. The van der Waals surface area contributed by atoms with Crippen LogP contribution < -0.4 is 9.64 Å². The summed E-state index contributed by atoms with van der Waals surface area (Å²) in [7, 11) is 0. The first kappa shape index (κ1) is 23.1. The van der Waals surface area contributed by atoms with Gasteiger partial charge in [0.05, 0.1) is 17.6 Å². The summed E-state index contributed by atoms with van der Waals surface area (Å²) in [6, 6.07) is 21.6. The van der Waals surface area contributed by atoms with Crippen molar-refractivity contribution in [1.82, 2.24) is 9.55 Å². The molecule has 1 amide bonds. The zero-order chi connectivity index (χ0) is 24.4. The van der Waals surface area contributed by atoms with Crippen LogP contribution in [0, 0.1) is 5.82 Å². The Morgan fingerprint density at radius 3 is 2.57 bits per heavy atom. The molecule has 1 fully saturated rings. The minimum atomic E-state index is -0.762. The maximum absolute atomic E-state index is 13.4. The van der Waals surface area contributed by atoms with Crippen LogP contribution in [0.2, 0.25) is 0 Å². The summed E-state index contributed by atoms with van der Waals surface area (Å²) in [6.07, 6.45) is 0.501. The van der Waals surface area contributed by atoms with Gasteiger partial charge in [0.15, 0.2) is 0 Å². The molecule has 0 radical (unpaired) electrons. The first-order valence-corrected chi connectivity index (χ1v) is 11.9. The Kier molecular flexibility index (Phi) is 6.51. The number of anilines is 1. The Bertz CT molecular complexity index is 1320. The molecule has 2 unspecified atom stereocenters. The van der Waals surface area contributed by atoms with E-state index in [4.69, 9.17) is 9.72 Å². The van der Waals surface area contributed by atoms with Crippen LogP contribution in [-0.4, -0.2) is 39.8 Å². The minimum Gasteiger partial charge on any atom is -0.491 e. The molecular weight excluding hydrogens is 445 g/mol. The van der Waals surface area contributed by atoms with E-state index in [-0.39, 0.29) is 24.2 Å². The molecule has 2 heterocycles. The predicted octanol–water partition coefficient (Wildman–Crippen LogP) is 4.70. The van der Waals surface area contributed by atoms with Gasteiger partial charge in [-0.3, -0.25) is 4.79 Å². The van der Waals surface area contributed by atoms with E-state index in [1.54, 1.807) is 17.0 Å². The van der Waals surface area contributed by atoms with Crippen LogP contribution >= 0.6 is 0 Å². The summed E-state index contributed by atoms with van der Waals surface area (Å²) in [5.41, 5.74) is 3.62. The largest absolute Gasteiger partial charge is 0.491 e. The number of fused-ring (bicyclic) bond motifs is 1. The van der Waals surface area contributed by atoms with E-state index in [1.165, 1.54) is 17.7 Å². The average molecular weight is 474 g/mol. The molecule has 0 aliphatic carbocycles. The number of hydrogen-bond donors (Lipinski definition) is 1. The number of rotatable bonds is 8. The molecule has 5 rings (SSSR count). The summed E-state index contributed by atoms with van der Waals surface area (Å²) >= 11 is 0. The van der Waals surface area contributed by atoms with E-state index >= 15 is 0 Å². The van der Waals surface area contributed by atoms with Crippen molar-refractivity contribution in [2.45, 2.75) is 38.3 Å². The first-order valence-electron chi connectivity index (χ1n) is 11.9. The third-order valence-electron chi connectivity index (χ3n) is 6.48. The van der Waals surface area contributed by atoms with E-state index < -0.39 is 6.10 Å². The fraction of sp³-hybridized carbons (Fsp3) is 0.286. The second-order valence-corrected chi connectivity index (χ2v) is 8.91. The standard InChI is InChI=1S/C28H28FN3O3/c1-2-19-7-13-24(14-8-19)35-18-23(33)17-32-26-6-4-3-5-25(26)30-28(32)20-15-27(34)31(16-20)22-11-9-21(29)10-12-22/h3-14,20,23,33H,2,15-18H2,1H3. The molecular formula is C28H28FN3O3. The van der Waals surface area contributed by atoms with Crippen molar-refractivity contribution < 1.29 is 19.0 Å². The van der Waals surface area contributed by atoms with Crippen molar-refractivity contribution in [2.75, 3.05) is 18.1 Å². The van der Waals surface area contributed by atoms with E-state index in [1.807, 2.05) is 53.1 Å². The lowest BCUT2D eigenvalue weighted by molar-refractivity contribution is -0.117. The Morgan fingerprint density at radius 2 is 1.83 bits per heavy atom. The molecule has 3 aromatic carbocycles. The molecule has 1 aromatic heterocycles. The van der Waals surface area contributed by atoms with Crippen molar-refractivity contribution >= 4 is 22.6 Å². The Hall–Kier alpha value is -3.71. The average Bonchev–Trinajstić information content (AvgIpc) is 3.44. The van der Waals surface area contributed by atoms with Crippen LogP contribution in [0.3, 0.4) is 0 Å². The smallest absolute Gasteiger partial charge is 0.227 e. The fourth-order valence-corrected chi connectivity index (χ4v) is 4.63. The zero-order valence-electron chi connectivity index (χ0n) is 19.6. The Balaban J connectivity index is 1.35. The van der Waals surface area contributed by atoms with Crippen molar-refractivity contribution in [3.63, 3.8) is 0 Å². The van der Waals surface area contributed by atoms with Crippen LogP contribution in [0.15, 0.2) is 72.8 Å². The highest BCUT2D eigenvalue weighted by atomic mass is 19.1. The number of para-hydroxylation sites is 2. The number of ether oxygens (including phenoxy) is 1. The van der Waals surface area contributed by atoms with Gasteiger partial charge in [-0.2, -0.15) is 0 Å². The minimum absolute atomic E-state index is 0.0281. The number of aromatic nitrogens is 2. The van der Waals surface area contributed by atoms with Gasteiger partial charge in [-0.15, -0.1) is 0 Å². The number of amides is 1. The van der Waals surface area contributed by atoms with Crippen molar-refractivity contribution in [1.29, 1.82) is 0 Å². The topological polar surface area (TPSA) is 67.6 Å². The molecule has 0 spiro atoms. The highest BCUT2D eigenvalue weighted by molar-refractivity contribution is 5.96. The number of carbonyl (C=O) groups is 1. The van der Waals surface area contributed by atoms with Crippen LogP contribution in [0.4, 0.5) is 10.1 Å². The van der Waals surface area contributed by atoms with Crippen LogP contribution in [-0.2, 0) is 17.8 Å². The first-order chi connectivity index (χ1) is 17.0. The quantitative estimate of drug-likeness (QED) is 0.403. The van der Waals surface area contributed by atoms with Crippen molar-refractivity contribution in [2.24, 2.45) is 0 Å². The third kappa shape index (κ3) is 4.91. The summed E-state index contributed by atoms with van der Waals surface area (Å²) in [5, 5.41) is 10.8. The lowest BCUT2D eigenvalue weighted by Gasteiger charge is -2.19. The van der Waals surface area contributed by atoms with Gasteiger partial charge < -0.3 is 19.3 Å². The van der Waals surface area contributed by atoms with Crippen LogP contribution in [0.25, 0.3) is 11.0 Å².